The highest BCUT2D eigenvalue weighted by atomic mass is 32.2. The average molecular weight is 310 g/mol. The molecule has 0 spiro atoms. The number of allylic oxidation sites excluding steroid dienone is 1. The van der Waals surface area contributed by atoms with Crippen molar-refractivity contribution in [2.75, 3.05) is 0 Å². The van der Waals surface area contributed by atoms with Gasteiger partial charge in [0.25, 0.3) is 0 Å². The molecule has 0 N–H and O–H groups in total. The molecule has 1 aliphatic rings. The molecular formula is C18H14O3S. The second-order valence-corrected chi connectivity index (χ2v) is 6.27. The maximum Gasteiger partial charge on any atom is 0.195 e. The highest BCUT2D eigenvalue weighted by molar-refractivity contribution is 7.88. The molecule has 22 heavy (non-hydrogen) atoms. The zero-order valence-electron chi connectivity index (χ0n) is 12.0. The lowest BCUT2D eigenvalue weighted by Gasteiger charge is -2.19. The molecular weight excluding hydrogens is 296 g/mol. The minimum atomic E-state index is -1.44. The summed E-state index contributed by atoms with van der Waals surface area (Å²) in [5.74, 6) is -0.428. The van der Waals surface area contributed by atoms with Crippen LogP contribution in [0.1, 0.15) is 45.2 Å². The molecule has 2 aromatic carbocycles. The molecule has 0 heterocycles. The summed E-state index contributed by atoms with van der Waals surface area (Å²) in [5, 5.41) is 1.56. The van der Waals surface area contributed by atoms with Gasteiger partial charge < -0.3 is 0 Å². The smallest absolute Gasteiger partial charge is 0.195 e. The molecule has 0 amide bonds. The topological polar surface area (TPSA) is 51.2 Å². The van der Waals surface area contributed by atoms with E-state index < -0.39 is 10.8 Å². The van der Waals surface area contributed by atoms with Crippen molar-refractivity contribution in [1.82, 2.24) is 0 Å². The third-order valence-electron chi connectivity index (χ3n) is 3.59. The molecule has 4 heteroatoms. The van der Waals surface area contributed by atoms with Crippen LogP contribution in [0, 0.1) is 0 Å². The van der Waals surface area contributed by atoms with Crippen molar-refractivity contribution in [3.63, 3.8) is 0 Å². The van der Waals surface area contributed by atoms with Gasteiger partial charge in [-0.2, -0.15) is 0 Å². The summed E-state index contributed by atoms with van der Waals surface area (Å²) in [4.78, 5) is 25.7. The molecule has 0 aromatic heterocycles. The Morgan fingerprint density at radius 2 is 1.55 bits per heavy atom. The summed E-state index contributed by atoms with van der Waals surface area (Å²) in [6, 6.07) is 11.7. The van der Waals surface area contributed by atoms with Crippen molar-refractivity contribution < 1.29 is 13.8 Å². The van der Waals surface area contributed by atoms with Gasteiger partial charge >= 0.3 is 0 Å². The van der Waals surface area contributed by atoms with E-state index in [0.717, 1.165) is 6.42 Å². The highest BCUT2D eigenvalue weighted by Gasteiger charge is 2.32. The molecule has 0 saturated carbocycles. The van der Waals surface area contributed by atoms with Gasteiger partial charge in [-0.1, -0.05) is 49.4 Å². The summed E-state index contributed by atoms with van der Waals surface area (Å²) < 4.78 is 12.4. The number of hydrogen-bond donors (Lipinski definition) is 0. The van der Waals surface area contributed by atoms with E-state index in [0.29, 0.717) is 21.6 Å². The van der Waals surface area contributed by atoms with E-state index in [1.165, 1.54) is 0 Å². The van der Waals surface area contributed by atoms with Crippen LogP contribution >= 0.6 is 0 Å². The third-order valence-corrected chi connectivity index (χ3v) is 4.80. The van der Waals surface area contributed by atoms with Gasteiger partial charge in [0.1, 0.15) is 0 Å². The number of benzene rings is 2. The fourth-order valence-electron chi connectivity index (χ4n) is 2.54. The van der Waals surface area contributed by atoms with Crippen molar-refractivity contribution in [2.24, 2.45) is 0 Å². The van der Waals surface area contributed by atoms with Gasteiger partial charge in [0.15, 0.2) is 11.6 Å². The number of fused-ring (bicyclic) bond motifs is 2. The Labute approximate surface area is 131 Å². The van der Waals surface area contributed by atoms with Crippen LogP contribution in [0.15, 0.2) is 58.8 Å². The maximum atomic E-state index is 12.7. The Kier molecular flexibility index (Phi) is 3.86. The summed E-state index contributed by atoms with van der Waals surface area (Å²) in [5.41, 5.74) is 1.39. The number of carbonyl (C=O) groups excluding carboxylic acids is 2. The van der Waals surface area contributed by atoms with Crippen LogP contribution < -0.4 is 0 Å². The van der Waals surface area contributed by atoms with E-state index >= 15 is 0 Å². The fraction of sp³-hybridized carbons (Fsp3) is 0.111. The first-order chi connectivity index (χ1) is 10.6. The Hall–Kier alpha value is -2.33. The van der Waals surface area contributed by atoms with Crippen molar-refractivity contribution >= 4 is 22.4 Å². The minimum Gasteiger partial charge on any atom is -0.289 e. The predicted octanol–water partition coefficient (Wildman–Crippen LogP) is 3.49. The van der Waals surface area contributed by atoms with Gasteiger partial charge in [0.05, 0.1) is 21.3 Å². The Morgan fingerprint density at radius 3 is 2.23 bits per heavy atom. The first-order valence-corrected chi connectivity index (χ1v) is 8.25. The lowest BCUT2D eigenvalue weighted by molar-refractivity contribution is 0.0977. The van der Waals surface area contributed by atoms with Crippen LogP contribution in [0.3, 0.4) is 0 Å². The number of carbonyl (C=O) groups is 2. The average Bonchev–Trinajstić information content (AvgIpc) is 2.57. The van der Waals surface area contributed by atoms with Crippen LogP contribution in [0.5, 0.6) is 0 Å². The number of ketones is 2. The largest absolute Gasteiger partial charge is 0.289 e. The van der Waals surface area contributed by atoms with Crippen molar-refractivity contribution in [1.29, 1.82) is 0 Å². The second-order valence-electron chi connectivity index (χ2n) is 4.96. The first kappa shape index (κ1) is 14.6. The summed E-state index contributed by atoms with van der Waals surface area (Å²) in [7, 11) is -1.44. The lowest BCUT2D eigenvalue weighted by atomic mass is 9.84. The van der Waals surface area contributed by atoms with Crippen LogP contribution in [0.25, 0.3) is 0 Å². The summed E-state index contributed by atoms with van der Waals surface area (Å²) in [6.45, 7) is 1.94. The summed E-state index contributed by atoms with van der Waals surface area (Å²) >= 11 is 0. The first-order valence-electron chi connectivity index (χ1n) is 7.03. The van der Waals surface area contributed by atoms with Crippen LogP contribution in [-0.4, -0.2) is 15.8 Å². The highest BCUT2D eigenvalue weighted by Crippen LogP contribution is 2.31. The molecule has 0 saturated heterocycles. The molecule has 0 radical (unpaired) electrons. The molecule has 3 rings (SSSR count). The van der Waals surface area contributed by atoms with Crippen molar-refractivity contribution in [3.8, 4) is 0 Å². The van der Waals surface area contributed by atoms with Crippen molar-refractivity contribution in [2.45, 2.75) is 18.2 Å². The molecule has 1 unspecified atom stereocenters. The van der Waals surface area contributed by atoms with E-state index in [2.05, 4.69) is 0 Å². The number of hydrogen-bond acceptors (Lipinski definition) is 3. The Balaban J connectivity index is 2.21. The fourth-order valence-corrected chi connectivity index (χ4v) is 3.67. The number of rotatable bonds is 3. The van der Waals surface area contributed by atoms with Crippen LogP contribution in [0.2, 0.25) is 0 Å². The standard InChI is InChI=1S/C18H14O3S/c1-2-3-11-22(21)15-10-6-9-14-16(15)18(20)13-8-5-4-7-12(13)17(14)19/h3-11H,2H2,1H3/b11-3+. The van der Waals surface area contributed by atoms with E-state index in [1.807, 2.05) is 6.92 Å². The third kappa shape index (κ3) is 2.25. The maximum absolute atomic E-state index is 12.7. The van der Waals surface area contributed by atoms with E-state index in [9.17, 15) is 13.8 Å². The zero-order valence-corrected chi connectivity index (χ0v) is 12.9. The van der Waals surface area contributed by atoms with Gasteiger partial charge in [-0.25, -0.2) is 4.21 Å². The zero-order chi connectivity index (χ0) is 15.7. The molecule has 2 aromatic rings. The van der Waals surface area contributed by atoms with E-state index in [-0.39, 0.29) is 17.1 Å². The molecule has 0 bridgehead atoms. The normalized spacial score (nSPS) is 14.8. The lowest BCUT2D eigenvalue weighted by Crippen LogP contribution is -2.22. The molecule has 110 valence electrons. The van der Waals surface area contributed by atoms with E-state index in [4.69, 9.17) is 0 Å². The monoisotopic (exact) mass is 310 g/mol. The second kappa shape index (κ2) is 5.81. The van der Waals surface area contributed by atoms with E-state index in [1.54, 1.807) is 53.9 Å². The van der Waals surface area contributed by atoms with Gasteiger partial charge in [-0.05, 0) is 12.5 Å². The predicted molar refractivity (Wildman–Crippen MR) is 85.6 cm³/mol. The van der Waals surface area contributed by atoms with Crippen LogP contribution in [0.4, 0.5) is 0 Å². The van der Waals surface area contributed by atoms with Gasteiger partial charge in [0.2, 0.25) is 0 Å². The van der Waals surface area contributed by atoms with Crippen LogP contribution in [-0.2, 0) is 10.8 Å². The van der Waals surface area contributed by atoms with Gasteiger partial charge in [-0.3, -0.25) is 9.59 Å². The quantitative estimate of drug-likeness (QED) is 0.744. The summed E-state index contributed by atoms with van der Waals surface area (Å²) in [6.07, 6.45) is 2.55. The molecule has 0 fully saturated rings. The minimum absolute atomic E-state index is 0.191. The molecule has 1 atom stereocenters. The molecule has 3 nitrogen and oxygen atoms in total. The molecule has 1 aliphatic carbocycles. The van der Waals surface area contributed by atoms with Gasteiger partial charge in [-0.15, -0.1) is 0 Å². The molecule has 0 aliphatic heterocycles. The van der Waals surface area contributed by atoms with Gasteiger partial charge in [0, 0.05) is 22.1 Å². The SMILES string of the molecule is CC/C=C/S(=O)c1cccc2c1C(=O)c1ccccc1C2=O. The van der Waals surface area contributed by atoms with Crippen molar-refractivity contribution in [3.05, 3.63) is 76.2 Å². The Bertz CT molecular complexity index is 834. The Morgan fingerprint density at radius 1 is 0.909 bits per heavy atom.